The molecule has 1 aliphatic heterocycles. The van der Waals surface area contributed by atoms with Crippen LogP contribution in [0.25, 0.3) is 0 Å². The van der Waals surface area contributed by atoms with Crippen LogP contribution in [0.15, 0.2) is 24.3 Å². The van der Waals surface area contributed by atoms with Crippen LogP contribution in [-0.2, 0) is 4.74 Å². The van der Waals surface area contributed by atoms with Crippen molar-refractivity contribution in [2.75, 3.05) is 38.2 Å². The number of hydrogen-bond donors (Lipinski definition) is 1. The Kier molecular flexibility index (Phi) is 11.1. The summed E-state index contributed by atoms with van der Waals surface area (Å²) in [5, 5.41) is 2.75. The zero-order chi connectivity index (χ0) is 17.0. The first-order valence-electron chi connectivity index (χ1n) is 9.17. The van der Waals surface area contributed by atoms with E-state index in [2.05, 4.69) is 17.1 Å². The molecule has 1 N–H and O–H groups in total. The van der Waals surface area contributed by atoms with E-state index in [-0.39, 0.29) is 12.4 Å². The lowest BCUT2D eigenvalue weighted by Gasteiger charge is -2.19. The Bertz CT molecular complexity index is 474. The van der Waals surface area contributed by atoms with E-state index in [1.807, 2.05) is 24.3 Å². The molecule has 0 aromatic heterocycles. The lowest BCUT2D eigenvalue weighted by Crippen LogP contribution is -2.30. The molecule has 1 saturated heterocycles. The van der Waals surface area contributed by atoms with Gasteiger partial charge in [0.15, 0.2) is 0 Å². The van der Waals surface area contributed by atoms with Crippen molar-refractivity contribution in [2.24, 2.45) is 0 Å². The molecule has 1 aromatic rings. The quantitative estimate of drug-likeness (QED) is 0.673. The summed E-state index contributed by atoms with van der Waals surface area (Å²) < 4.78 is 10.9. The topological polar surface area (TPSA) is 50.8 Å². The fourth-order valence-electron chi connectivity index (χ4n) is 2.75. The maximum atomic E-state index is 11.8. The predicted octanol–water partition coefficient (Wildman–Crippen LogP) is 4.71. The molecule has 1 aliphatic rings. The number of hydrogen-bond acceptors (Lipinski definition) is 4. The summed E-state index contributed by atoms with van der Waals surface area (Å²) in [6, 6.07) is 7.39. The first-order chi connectivity index (χ1) is 11.8. The highest BCUT2D eigenvalue weighted by Crippen LogP contribution is 2.16. The normalized spacial score (nSPS) is 14.9. The van der Waals surface area contributed by atoms with Crippen LogP contribution in [0.3, 0.4) is 0 Å². The minimum Gasteiger partial charge on any atom is -0.494 e. The smallest absolute Gasteiger partial charge is 0.411 e. The molecule has 0 aliphatic carbocycles. The number of benzene rings is 1. The molecule has 1 fully saturated rings. The highest BCUT2D eigenvalue weighted by Gasteiger charge is 2.10. The van der Waals surface area contributed by atoms with Gasteiger partial charge in [-0.15, -0.1) is 12.4 Å². The Morgan fingerprint density at radius 3 is 2.40 bits per heavy atom. The molecule has 0 saturated carbocycles. The van der Waals surface area contributed by atoms with Crippen LogP contribution in [-0.4, -0.2) is 43.8 Å². The van der Waals surface area contributed by atoms with Crippen molar-refractivity contribution >= 4 is 24.2 Å². The molecule has 1 amide bonds. The lowest BCUT2D eigenvalue weighted by molar-refractivity contribution is 0.140. The molecule has 0 unspecified atom stereocenters. The van der Waals surface area contributed by atoms with Gasteiger partial charge in [-0.2, -0.15) is 0 Å². The molecule has 0 spiro atoms. The first kappa shape index (κ1) is 21.6. The molecule has 1 aromatic carbocycles. The molecule has 0 bridgehead atoms. The minimum atomic E-state index is -0.399. The van der Waals surface area contributed by atoms with Gasteiger partial charge in [0.1, 0.15) is 12.4 Å². The van der Waals surface area contributed by atoms with E-state index in [9.17, 15) is 4.79 Å². The monoisotopic (exact) mass is 370 g/mol. The van der Waals surface area contributed by atoms with E-state index in [4.69, 9.17) is 9.47 Å². The second-order valence-electron chi connectivity index (χ2n) is 6.24. The van der Waals surface area contributed by atoms with Gasteiger partial charge in [-0.05, 0) is 56.6 Å². The second kappa shape index (κ2) is 12.8. The van der Waals surface area contributed by atoms with E-state index in [1.165, 1.54) is 25.7 Å². The summed E-state index contributed by atoms with van der Waals surface area (Å²) in [6.45, 7) is 6.34. The van der Waals surface area contributed by atoms with Gasteiger partial charge >= 0.3 is 6.09 Å². The van der Waals surface area contributed by atoms with E-state index in [1.54, 1.807) is 0 Å². The third kappa shape index (κ3) is 8.98. The Hall–Kier alpha value is -1.46. The van der Waals surface area contributed by atoms with Crippen LogP contribution in [0.2, 0.25) is 0 Å². The number of rotatable bonds is 8. The number of anilines is 1. The van der Waals surface area contributed by atoms with Crippen LogP contribution >= 0.6 is 12.4 Å². The summed E-state index contributed by atoms with van der Waals surface area (Å²) in [6.07, 6.45) is 6.89. The Morgan fingerprint density at radius 1 is 1.08 bits per heavy atom. The summed E-state index contributed by atoms with van der Waals surface area (Å²) in [5.41, 5.74) is 0.720. The molecule has 142 valence electrons. The van der Waals surface area contributed by atoms with Crippen LogP contribution in [0.4, 0.5) is 10.5 Å². The van der Waals surface area contributed by atoms with Gasteiger partial charge in [0.2, 0.25) is 0 Å². The average molecular weight is 371 g/mol. The minimum absolute atomic E-state index is 0. The van der Waals surface area contributed by atoms with E-state index >= 15 is 0 Å². The lowest BCUT2D eigenvalue weighted by atomic mass is 10.2. The van der Waals surface area contributed by atoms with Crippen molar-refractivity contribution < 1.29 is 14.3 Å². The van der Waals surface area contributed by atoms with Crippen molar-refractivity contribution in [3.8, 4) is 5.75 Å². The number of likely N-dealkylation sites (tertiary alicyclic amines) is 1. The van der Waals surface area contributed by atoms with Crippen LogP contribution < -0.4 is 10.1 Å². The molecular formula is C19H31ClN2O3. The number of unbranched alkanes of at least 4 members (excludes halogenated alkanes) is 1. The summed E-state index contributed by atoms with van der Waals surface area (Å²) in [7, 11) is 0. The van der Waals surface area contributed by atoms with Crippen LogP contribution in [0.5, 0.6) is 5.75 Å². The number of amides is 1. The second-order valence-corrected chi connectivity index (χ2v) is 6.24. The summed E-state index contributed by atoms with van der Waals surface area (Å²) in [5.74, 6) is 0.823. The van der Waals surface area contributed by atoms with Crippen molar-refractivity contribution in [3.63, 3.8) is 0 Å². The van der Waals surface area contributed by atoms with Gasteiger partial charge in [0, 0.05) is 12.2 Å². The third-order valence-electron chi connectivity index (χ3n) is 4.21. The zero-order valence-corrected chi connectivity index (χ0v) is 16.0. The van der Waals surface area contributed by atoms with Gasteiger partial charge < -0.3 is 9.47 Å². The first-order valence-corrected chi connectivity index (χ1v) is 9.17. The largest absolute Gasteiger partial charge is 0.494 e. The van der Waals surface area contributed by atoms with Gasteiger partial charge in [-0.3, -0.25) is 10.2 Å². The number of halogens is 1. The maximum Gasteiger partial charge on any atom is 0.411 e. The Labute approximate surface area is 157 Å². The number of ether oxygens (including phenoxy) is 2. The molecule has 0 atom stereocenters. The van der Waals surface area contributed by atoms with Crippen LogP contribution in [0, 0.1) is 0 Å². The van der Waals surface area contributed by atoms with Gasteiger partial charge in [0.25, 0.3) is 0 Å². The van der Waals surface area contributed by atoms with Gasteiger partial charge in [-0.1, -0.05) is 26.2 Å². The SMILES string of the molecule is CCCCOc1ccc(NC(=O)OCCN2CCCCCC2)cc1.Cl. The Balaban J connectivity index is 0.00000312. The van der Waals surface area contributed by atoms with Crippen LogP contribution in [0.1, 0.15) is 45.4 Å². The fourth-order valence-corrected chi connectivity index (χ4v) is 2.75. The number of carbonyl (C=O) groups excluding carboxylic acids is 1. The summed E-state index contributed by atoms with van der Waals surface area (Å²) in [4.78, 5) is 14.2. The molecular weight excluding hydrogens is 340 g/mol. The predicted molar refractivity (Wildman–Crippen MR) is 104 cm³/mol. The van der Waals surface area contributed by atoms with Gasteiger partial charge in [-0.25, -0.2) is 4.79 Å². The highest BCUT2D eigenvalue weighted by molar-refractivity contribution is 5.85. The zero-order valence-electron chi connectivity index (χ0n) is 15.2. The van der Waals surface area contributed by atoms with Crippen molar-refractivity contribution in [1.29, 1.82) is 0 Å². The molecule has 25 heavy (non-hydrogen) atoms. The van der Waals surface area contributed by atoms with Crippen molar-refractivity contribution in [1.82, 2.24) is 4.90 Å². The molecule has 5 nitrogen and oxygen atoms in total. The van der Waals surface area contributed by atoms with E-state index < -0.39 is 6.09 Å². The standard InChI is InChI=1S/C19H30N2O3.ClH/c1-2-3-15-23-18-10-8-17(9-11-18)20-19(22)24-16-14-21-12-6-4-5-7-13-21;/h8-11H,2-7,12-16H2,1H3,(H,20,22);1H. The molecule has 1 heterocycles. The molecule has 6 heteroatoms. The fraction of sp³-hybridized carbons (Fsp3) is 0.632. The molecule has 2 rings (SSSR count). The average Bonchev–Trinajstić information content (AvgIpc) is 2.85. The summed E-state index contributed by atoms with van der Waals surface area (Å²) >= 11 is 0. The van der Waals surface area contributed by atoms with Gasteiger partial charge in [0.05, 0.1) is 6.61 Å². The van der Waals surface area contributed by atoms with Crippen molar-refractivity contribution in [2.45, 2.75) is 45.4 Å². The van der Waals surface area contributed by atoms with E-state index in [0.717, 1.165) is 50.5 Å². The maximum absolute atomic E-state index is 11.8. The van der Waals surface area contributed by atoms with E-state index in [0.29, 0.717) is 6.61 Å². The number of nitrogens with zero attached hydrogens (tertiary/aromatic N) is 1. The highest BCUT2D eigenvalue weighted by atomic mass is 35.5. The number of nitrogens with one attached hydrogen (secondary N) is 1. The third-order valence-corrected chi connectivity index (χ3v) is 4.21. The Morgan fingerprint density at radius 2 is 1.76 bits per heavy atom. The number of carbonyl (C=O) groups is 1. The molecule has 0 radical (unpaired) electrons. The van der Waals surface area contributed by atoms with Crippen molar-refractivity contribution in [3.05, 3.63) is 24.3 Å².